The molecule has 0 amide bonds. The lowest BCUT2D eigenvalue weighted by molar-refractivity contribution is 0.387. The molecule has 120 valence electrons. The highest BCUT2D eigenvalue weighted by atomic mass is 15.3. The van der Waals surface area contributed by atoms with Crippen molar-refractivity contribution in [1.82, 2.24) is 9.97 Å². The van der Waals surface area contributed by atoms with Crippen LogP contribution in [0.1, 0.15) is 61.4 Å². The lowest BCUT2D eigenvalue weighted by Gasteiger charge is -2.47. The number of hydrogen-bond donors (Lipinski definition) is 1. The average molecular weight is 308 g/mol. The molecule has 3 aliphatic rings. The molecule has 0 saturated carbocycles. The standard InChI is InChI=1S/C19H24N4/c1-12(2)16-10-18(22-19(20-3)21-16)23-11-13-8-9-17(23)15-7-5-4-6-14(13)15/h4-7,10,12-13,17H,8-9,11H2,1-3H3,(H,20,21,22)/t13-,17+/m1/s1. The Labute approximate surface area is 138 Å². The molecular formula is C19H24N4. The van der Waals surface area contributed by atoms with Crippen molar-refractivity contribution in [1.29, 1.82) is 0 Å². The van der Waals surface area contributed by atoms with E-state index in [1.54, 1.807) is 5.56 Å². The molecule has 1 aliphatic carbocycles. The van der Waals surface area contributed by atoms with Gasteiger partial charge >= 0.3 is 0 Å². The van der Waals surface area contributed by atoms with Crippen molar-refractivity contribution < 1.29 is 0 Å². The van der Waals surface area contributed by atoms with Gasteiger partial charge in [0.2, 0.25) is 5.95 Å². The van der Waals surface area contributed by atoms with Gasteiger partial charge in [-0.3, -0.25) is 0 Å². The molecule has 2 aliphatic heterocycles. The summed E-state index contributed by atoms with van der Waals surface area (Å²) >= 11 is 0. The molecule has 2 atom stereocenters. The third kappa shape index (κ3) is 2.37. The molecule has 4 heteroatoms. The summed E-state index contributed by atoms with van der Waals surface area (Å²) in [6.07, 6.45) is 2.51. The quantitative estimate of drug-likeness (QED) is 0.927. The van der Waals surface area contributed by atoms with E-state index in [-0.39, 0.29) is 0 Å². The van der Waals surface area contributed by atoms with Crippen molar-refractivity contribution in [2.45, 2.75) is 44.6 Å². The van der Waals surface area contributed by atoms with E-state index in [1.807, 2.05) is 7.05 Å². The van der Waals surface area contributed by atoms with Crippen LogP contribution < -0.4 is 10.2 Å². The largest absolute Gasteiger partial charge is 0.357 e. The molecule has 1 aromatic heterocycles. The number of hydrogen-bond acceptors (Lipinski definition) is 4. The van der Waals surface area contributed by atoms with Crippen molar-refractivity contribution in [2.24, 2.45) is 0 Å². The second-order valence-corrected chi connectivity index (χ2v) is 6.95. The number of piperidine rings is 1. The molecule has 2 bridgehead atoms. The fourth-order valence-electron chi connectivity index (χ4n) is 3.99. The van der Waals surface area contributed by atoms with E-state index in [1.165, 1.54) is 18.4 Å². The highest BCUT2D eigenvalue weighted by molar-refractivity contribution is 5.53. The van der Waals surface area contributed by atoms with E-state index < -0.39 is 0 Å². The molecule has 1 fully saturated rings. The number of benzene rings is 1. The number of fused-ring (bicyclic) bond motifs is 2. The first kappa shape index (κ1) is 14.5. The first-order valence-electron chi connectivity index (χ1n) is 8.59. The molecule has 5 rings (SSSR count). The summed E-state index contributed by atoms with van der Waals surface area (Å²) in [5.41, 5.74) is 4.15. The fourth-order valence-corrected chi connectivity index (χ4v) is 3.99. The number of aromatic nitrogens is 2. The van der Waals surface area contributed by atoms with Crippen molar-refractivity contribution >= 4 is 11.8 Å². The monoisotopic (exact) mass is 308 g/mol. The number of nitrogens with one attached hydrogen (secondary N) is 1. The first-order valence-corrected chi connectivity index (χ1v) is 8.59. The topological polar surface area (TPSA) is 41.1 Å². The predicted molar refractivity (Wildman–Crippen MR) is 94.2 cm³/mol. The van der Waals surface area contributed by atoms with E-state index in [4.69, 9.17) is 4.98 Å². The van der Waals surface area contributed by atoms with Gasteiger partial charge < -0.3 is 10.2 Å². The molecule has 4 nitrogen and oxygen atoms in total. The second kappa shape index (κ2) is 5.52. The zero-order valence-electron chi connectivity index (χ0n) is 14.1. The van der Waals surface area contributed by atoms with Crippen LogP contribution in [0.25, 0.3) is 0 Å². The van der Waals surface area contributed by atoms with E-state index >= 15 is 0 Å². The van der Waals surface area contributed by atoms with Crippen LogP contribution in [-0.2, 0) is 0 Å². The van der Waals surface area contributed by atoms with Crippen molar-refractivity contribution in [2.75, 3.05) is 23.8 Å². The van der Waals surface area contributed by atoms with E-state index in [2.05, 4.69) is 59.4 Å². The summed E-state index contributed by atoms with van der Waals surface area (Å²) < 4.78 is 0. The Morgan fingerprint density at radius 2 is 1.91 bits per heavy atom. The van der Waals surface area contributed by atoms with Gasteiger partial charge in [-0.2, -0.15) is 4.98 Å². The van der Waals surface area contributed by atoms with Crippen LogP contribution >= 0.6 is 0 Å². The Bertz CT molecular complexity index is 725. The molecule has 0 spiro atoms. The molecule has 1 N–H and O–H groups in total. The maximum absolute atomic E-state index is 4.75. The summed E-state index contributed by atoms with van der Waals surface area (Å²) in [5.74, 6) is 2.82. The van der Waals surface area contributed by atoms with E-state index in [0.717, 1.165) is 24.0 Å². The van der Waals surface area contributed by atoms with Crippen molar-refractivity contribution in [3.05, 3.63) is 47.2 Å². The first-order chi connectivity index (χ1) is 11.2. The average Bonchev–Trinajstić information content (AvgIpc) is 2.62. The second-order valence-electron chi connectivity index (χ2n) is 6.95. The maximum atomic E-state index is 4.75. The Balaban J connectivity index is 1.77. The highest BCUT2D eigenvalue weighted by Gasteiger charge is 2.38. The van der Waals surface area contributed by atoms with Crippen molar-refractivity contribution in [3.8, 4) is 0 Å². The van der Waals surface area contributed by atoms with Crippen LogP contribution in [0.5, 0.6) is 0 Å². The van der Waals surface area contributed by atoms with Crippen LogP contribution in [0.15, 0.2) is 30.3 Å². The Kier molecular flexibility index (Phi) is 3.47. The third-order valence-electron chi connectivity index (χ3n) is 5.22. The van der Waals surface area contributed by atoms with Crippen LogP contribution in [0.4, 0.5) is 11.8 Å². The minimum atomic E-state index is 0.401. The van der Waals surface area contributed by atoms with Crippen LogP contribution in [0, 0.1) is 0 Å². The molecule has 0 radical (unpaired) electrons. The number of nitrogens with zero attached hydrogens (tertiary/aromatic N) is 3. The van der Waals surface area contributed by atoms with Gasteiger partial charge in [-0.1, -0.05) is 38.1 Å². The SMILES string of the molecule is CNc1nc(C(C)C)cc(N2C[C@H]3CC[C@H]2c2ccccc23)n1. The Hall–Kier alpha value is -2.10. The number of anilines is 2. The minimum absolute atomic E-state index is 0.401. The zero-order valence-corrected chi connectivity index (χ0v) is 14.1. The normalized spacial score (nSPS) is 22.3. The zero-order chi connectivity index (χ0) is 16.0. The van der Waals surface area contributed by atoms with Gasteiger partial charge in [-0.15, -0.1) is 0 Å². The molecular weight excluding hydrogens is 284 g/mol. The summed E-state index contributed by atoms with van der Waals surface area (Å²) in [7, 11) is 1.89. The Morgan fingerprint density at radius 1 is 1.13 bits per heavy atom. The summed E-state index contributed by atoms with van der Waals surface area (Å²) in [6, 6.07) is 11.6. The van der Waals surface area contributed by atoms with E-state index in [9.17, 15) is 0 Å². The Morgan fingerprint density at radius 3 is 2.65 bits per heavy atom. The van der Waals surface area contributed by atoms with Crippen LogP contribution in [0.3, 0.4) is 0 Å². The van der Waals surface area contributed by atoms with Gasteiger partial charge in [-0.25, -0.2) is 4.98 Å². The molecule has 1 saturated heterocycles. The lowest BCUT2D eigenvalue weighted by atomic mass is 9.75. The third-order valence-corrected chi connectivity index (χ3v) is 5.22. The fraction of sp³-hybridized carbons (Fsp3) is 0.474. The van der Waals surface area contributed by atoms with Gasteiger partial charge in [0.25, 0.3) is 0 Å². The molecule has 0 unspecified atom stereocenters. The smallest absolute Gasteiger partial charge is 0.224 e. The highest BCUT2D eigenvalue weighted by Crippen LogP contribution is 2.48. The van der Waals surface area contributed by atoms with Gasteiger partial charge in [0.1, 0.15) is 5.82 Å². The summed E-state index contributed by atoms with van der Waals surface area (Å²) in [6.45, 7) is 5.44. The van der Waals surface area contributed by atoms with Gasteiger partial charge in [0.05, 0.1) is 11.7 Å². The van der Waals surface area contributed by atoms with Crippen molar-refractivity contribution in [3.63, 3.8) is 0 Å². The maximum Gasteiger partial charge on any atom is 0.224 e. The predicted octanol–water partition coefficient (Wildman–Crippen LogP) is 4.08. The lowest BCUT2D eigenvalue weighted by Crippen LogP contribution is -2.43. The van der Waals surface area contributed by atoms with E-state index in [0.29, 0.717) is 17.9 Å². The summed E-state index contributed by atoms with van der Waals surface area (Å²) in [4.78, 5) is 11.8. The molecule has 3 heterocycles. The summed E-state index contributed by atoms with van der Waals surface area (Å²) in [5, 5.41) is 3.12. The number of rotatable bonds is 3. The molecule has 2 aromatic rings. The van der Waals surface area contributed by atoms with Gasteiger partial charge in [-0.05, 0) is 29.9 Å². The van der Waals surface area contributed by atoms with Gasteiger partial charge in [0.15, 0.2) is 0 Å². The molecule has 23 heavy (non-hydrogen) atoms. The van der Waals surface area contributed by atoms with Gasteiger partial charge in [0, 0.05) is 25.6 Å². The van der Waals surface area contributed by atoms with Crippen LogP contribution in [0.2, 0.25) is 0 Å². The molecule has 1 aromatic carbocycles. The minimum Gasteiger partial charge on any atom is -0.357 e. The van der Waals surface area contributed by atoms with Crippen LogP contribution in [-0.4, -0.2) is 23.6 Å².